The molecule has 3 N–H and O–H groups in total. The third kappa shape index (κ3) is 4.25. The van der Waals surface area contributed by atoms with Crippen LogP contribution < -0.4 is 10.6 Å². The Bertz CT molecular complexity index is 1230. The zero-order chi connectivity index (χ0) is 23.3. The molecule has 2 aliphatic rings. The predicted molar refractivity (Wildman–Crippen MR) is 119 cm³/mol. The molecule has 5 rings (SSSR count). The van der Waals surface area contributed by atoms with E-state index in [1.54, 1.807) is 11.8 Å². The van der Waals surface area contributed by atoms with Crippen molar-refractivity contribution >= 4 is 46.0 Å². The molecule has 33 heavy (non-hydrogen) atoms. The summed E-state index contributed by atoms with van der Waals surface area (Å²) in [6, 6.07) is 7.52. The third-order valence-electron chi connectivity index (χ3n) is 6.15. The van der Waals surface area contributed by atoms with Gasteiger partial charge in [-0.15, -0.1) is 11.8 Å². The highest BCUT2D eigenvalue weighted by atomic mass is 32.2. The minimum atomic E-state index is -3.03. The van der Waals surface area contributed by atoms with Crippen LogP contribution in [0.5, 0.6) is 0 Å². The lowest BCUT2D eigenvalue weighted by Gasteiger charge is -2.26. The van der Waals surface area contributed by atoms with Gasteiger partial charge in [0.05, 0.1) is 11.4 Å². The highest BCUT2D eigenvalue weighted by molar-refractivity contribution is 7.98. The molecular formula is C22H21F4N5OS. The Morgan fingerprint density at radius 3 is 2.58 bits per heavy atom. The van der Waals surface area contributed by atoms with E-state index >= 15 is 0 Å². The van der Waals surface area contributed by atoms with Gasteiger partial charge >= 0.3 is 0 Å². The lowest BCUT2D eigenvalue weighted by atomic mass is 9.80. The van der Waals surface area contributed by atoms with Crippen LogP contribution in [0.2, 0.25) is 0 Å². The van der Waals surface area contributed by atoms with Gasteiger partial charge in [-0.05, 0) is 42.7 Å². The number of rotatable bonds is 7. The van der Waals surface area contributed by atoms with Gasteiger partial charge in [0, 0.05) is 17.4 Å². The molecule has 2 aliphatic carbocycles. The molecule has 2 heterocycles. The molecule has 3 aromatic rings. The van der Waals surface area contributed by atoms with E-state index in [1.165, 1.54) is 30.9 Å². The van der Waals surface area contributed by atoms with Crippen LogP contribution >= 0.6 is 11.8 Å². The third-order valence-corrected chi connectivity index (χ3v) is 6.93. The molecule has 1 atom stereocenters. The Morgan fingerprint density at radius 2 is 1.97 bits per heavy atom. The number of aromatic amines is 1. The summed E-state index contributed by atoms with van der Waals surface area (Å²) in [4.78, 5) is 23.6. The van der Waals surface area contributed by atoms with E-state index in [1.807, 2.05) is 18.4 Å². The fraction of sp³-hybridized carbons (Fsp3) is 0.409. The molecule has 2 saturated carbocycles. The van der Waals surface area contributed by atoms with Crippen molar-refractivity contribution in [2.75, 3.05) is 16.9 Å². The summed E-state index contributed by atoms with van der Waals surface area (Å²) in [5, 5.41) is 5.59. The maximum atomic E-state index is 13.3. The van der Waals surface area contributed by atoms with Crippen LogP contribution in [0.3, 0.4) is 0 Å². The second-order valence-corrected chi connectivity index (χ2v) is 9.24. The van der Waals surface area contributed by atoms with Crippen molar-refractivity contribution in [2.45, 2.75) is 48.8 Å². The smallest absolute Gasteiger partial charge is 0.295 e. The largest absolute Gasteiger partial charge is 0.353 e. The molecule has 0 radical (unpaired) electrons. The first-order valence-corrected chi connectivity index (χ1v) is 11.8. The van der Waals surface area contributed by atoms with Crippen molar-refractivity contribution < 1.29 is 22.4 Å². The van der Waals surface area contributed by atoms with Crippen LogP contribution in [0.15, 0.2) is 29.2 Å². The Balaban J connectivity index is 1.49. The number of benzene rings is 1. The average Bonchev–Trinajstić information content (AvgIpc) is 3.16. The number of nitrogens with zero attached hydrogens (tertiary/aromatic N) is 2. The van der Waals surface area contributed by atoms with Crippen molar-refractivity contribution in [3.05, 3.63) is 35.7 Å². The van der Waals surface area contributed by atoms with Crippen molar-refractivity contribution in [1.29, 1.82) is 0 Å². The van der Waals surface area contributed by atoms with Crippen molar-refractivity contribution in [3.8, 4) is 0 Å². The van der Waals surface area contributed by atoms with Crippen LogP contribution in [-0.2, 0) is 4.79 Å². The molecular weight excluding hydrogens is 458 g/mol. The van der Waals surface area contributed by atoms with Crippen LogP contribution in [0.4, 0.5) is 34.8 Å². The molecule has 6 nitrogen and oxygen atoms in total. The Labute approximate surface area is 191 Å². The Morgan fingerprint density at radius 1 is 1.21 bits per heavy atom. The van der Waals surface area contributed by atoms with Crippen molar-refractivity contribution in [3.63, 3.8) is 0 Å². The summed E-state index contributed by atoms with van der Waals surface area (Å²) in [6.07, 6.45) is 2.13. The number of imidazole rings is 1. The number of alkyl halides is 4. The number of hydrogen-bond donors (Lipinski definition) is 3. The summed E-state index contributed by atoms with van der Waals surface area (Å²) in [6.45, 7) is 0. The highest BCUT2D eigenvalue weighted by Gasteiger charge is 2.61. The minimum Gasteiger partial charge on any atom is -0.353 e. The first-order chi connectivity index (χ1) is 15.7. The van der Waals surface area contributed by atoms with E-state index in [-0.39, 0.29) is 17.0 Å². The number of anilines is 3. The van der Waals surface area contributed by atoms with E-state index in [2.05, 4.69) is 31.7 Å². The number of carbonyl (C=O) groups excluding carboxylic acids is 1. The number of hydrogen-bond acceptors (Lipinski definition) is 5. The van der Waals surface area contributed by atoms with E-state index in [9.17, 15) is 22.4 Å². The number of fused-ring (bicyclic) bond motifs is 1. The number of carbonyl (C=O) groups is 1. The molecule has 0 saturated heterocycles. The zero-order valence-electron chi connectivity index (χ0n) is 17.6. The highest BCUT2D eigenvalue weighted by Crippen LogP contribution is 2.49. The van der Waals surface area contributed by atoms with Gasteiger partial charge in [0.25, 0.3) is 12.3 Å². The summed E-state index contributed by atoms with van der Waals surface area (Å²) in [5.41, 5.74) is 2.54. The lowest BCUT2D eigenvalue weighted by molar-refractivity contribution is -0.119. The second kappa shape index (κ2) is 8.19. The molecule has 0 aliphatic heterocycles. The molecule has 0 spiro atoms. The first kappa shape index (κ1) is 22.0. The normalized spacial score (nSPS) is 19.5. The second-order valence-electron chi connectivity index (χ2n) is 8.40. The van der Waals surface area contributed by atoms with Gasteiger partial charge in [0.2, 0.25) is 5.91 Å². The van der Waals surface area contributed by atoms with Gasteiger partial charge < -0.3 is 15.6 Å². The van der Waals surface area contributed by atoms with Gasteiger partial charge in [0.1, 0.15) is 17.3 Å². The van der Waals surface area contributed by atoms with Crippen LogP contribution in [0.1, 0.15) is 49.4 Å². The van der Waals surface area contributed by atoms with Crippen LogP contribution in [-0.4, -0.2) is 33.0 Å². The maximum absolute atomic E-state index is 13.3. The topological polar surface area (TPSA) is 82.7 Å². The quantitative estimate of drug-likeness (QED) is 0.277. The first-order valence-electron chi connectivity index (χ1n) is 10.6. The van der Waals surface area contributed by atoms with E-state index in [4.69, 9.17) is 0 Å². The molecule has 0 bridgehead atoms. The van der Waals surface area contributed by atoms with Gasteiger partial charge in [0.15, 0.2) is 11.5 Å². The predicted octanol–water partition coefficient (Wildman–Crippen LogP) is 6.22. The summed E-state index contributed by atoms with van der Waals surface area (Å²) < 4.78 is 53.0. The van der Waals surface area contributed by atoms with Gasteiger partial charge in [-0.1, -0.05) is 12.5 Å². The zero-order valence-corrected chi connectivity index (χ0v) is 18.4. The van der Waals surface area contributed by atoms with Gasteiger partial charge in [-0.2, -0.15) is 0 Å². The SMILES string of the molecule is CSc1cc(C2CCC2)ccc1Nc1cc(NC(=O)C2CC2(F)F)nc2nc(C(F)F)[nH]c12. The summed E-state index contributed by atoms with van der Waals surface area (Å²) in [7, 11) is 0. The standard InChI is InChI=1S/C22H21F4N5OS/c1-33-15-7-11(10-3-2-4-10)5-6-13(15)27-14-8-16(29-21(32)12-9-22(12,25)26)28-19-17(14)30-20(31-19)18(23)24/h5-8,10,12,18H,2-4,9H2,1H3,(H3,27,28,29,30,31,32). The monoisotopic (exact) mass is 479 g/mol. The van der Waals surface area contributed by atoms with Gasteiger partial charge in [-0.3, -0.25) is 4.79 Å². The lowest BCUT2D eigenvalue weighted by Crippen LogP contribution is -2.18. The molecule has 11 heteroatoms. The summed E-state index contributed by atoms with van der Waals surface area (Å²) in [5.74, 6) is -5.35. The van der Waals surface area contributed by atoms with E-state index in [0.717, 1.165) is 10.6 Å². The molecule has 1 aromatic carbocycles. The van der Waals surface area contributed by atoms with Crippen LogP contribution in [0.25, 0.3) is 11.2 Å². The molecule has 2 aromatic heterocycles. The number of nitrogens with one attached hydrogen (secondary N) is 3. The number of aromatic nitrogens is 3. The molecule has 2 fully saturated rings. The molecule has 174 valence electrons. The maximum Gasteiger partial charge on any atom is 0.295 e. The van der Waals surface area contributed by atoms with E-state index in [0.29, 0.717) is 11.6 Å². The van der Waals surface area contributed by atoms with E-state index < -0.39 is 36.4 Å². The molecule has 1 amide bonds. The van der Waals surface area contributed by atoms with Gasteiger partial charge in [-0.25, -0.2) is 27.5 Å². The number of halogens is 4. The fourth-order valence-corrected chi connectivity index (χ4v) is 4.53. The number of amides is 1. The number of thioether (sulfide) groups is 1. The summed E-state index contributed by atoms with van der Waals surface area (Å²) >= 11 is 1.55. The van der Waals surface area contributed by atoms with Crippen molar-refractivity contribution in [1.82, 2.24) is 15.0 Å². The molecule has 1 unspecified atom stereocenters. The van der Waals surface area contributed by atoms with Crippen molar-refractivity contribution in [2.24, 2.45) is 5.92 Å². The van der Waals surface area contributed by atoms with Crippen LogP contribution in [0, 0.1) is 5.92 Å². The fourth-order valence-electron chi connectivity index (χ4n) is 3.93. The minimum absolute atomic E-state index is 0.0400. The Kier molecular flexibility index (Phi) is 5.46. The average molecular weight is 480 g/mol. The number of H-pyrrole nitrogens is 1. The Hall–Kier alpha value is -2.82. The number of pyridine rings is 1.